The van der Waals surface area contributed by atoms with Crippen LogP contribution in [-0.2, 0) is 52.9 Å². The molecule has 1 aliphatic carbocycles. The molecule has 30 nitrogen and oxygen atoms in total. The fraction of sp³-hybridized carbons (Fsp3) is 0.0526. The molecule has 0 aliphatic heterocycles. The van der Waals surface area contributed by atoms with E-state index in [1.165, 1.54) is 48.5 Å². The van der Waals surface area contributed by atoms with E-state index in [-0.39, 0.29) is 69.0 Å². The van der Waals surface area contributed by atoms with Crippen molar-refractivity contribution in [3.8, 4) is 63.2 Å². The van der Waals surface area contributed by atoms with Crippen molar-refractivity contribution in [1.29, 1.82) is 0 Å². The smallest absolute Gasteiger partial charge is 0.339 e. The molecule has 24 N–H and O–H groups in total. The number of hydrogen-bond acceptors (Lipinski definition) is 23. The Kier molecular flexibility index (Phi) is 27.5. The predicted molar refractivity (Wildman–Crippen MR) is 315 cm³/mol. The Hall–Kier alpha value is -11.0. The van der Waals surface area contributed by atoms with Crippen molar-refractivity contribution in [2.45, 2.75) is 34.3 Å². The second kappa shape index (κ2) is 33.8. The number of carboxylic acids is 4. The number of phenols is 11. The van der Waals surface area contributed by atoms with Gasteiger partial charge in [-0.25, -0.2) is 31.8 Å². The van der Waals surface area contributed by atoms with Crippen LogP contribution in [0.3, 0.4) is 0 Å². The van der Waals surface area contributed by atoms with E-state index in [4.69, 9.17) is 87.0 Å². The van der Waals surface area contributed by atoms with E-state index in [2.05, 4.69) is 0 Å². The molecule has 0 saturated heterocycles. The van der Waals surface area contributed by atoms with Gasteiger partial charge in [0.25, 0.3) is 0 Å². The molecule has 3 unspecified atom stereocenters. The minimum Gasteiger partial charge on any atom is -0.508 e. The van der Waals surface area contributed by atoms with Gasteiger partial charge in [-0.1, -0.05) is 66.7 Å². The number of nitrogens with two attached hydrogens (primary N) is 3. The van der Waals surface area contributed by atoms with Crippen LogP contribution in [0.25, 0.3) is 0 Å². The van der Waals surface area contributed by atoms with Crippen molar-refractivity contribution >= 4 is 68.7 Å². The minimum absolute atomic E-state index is 0.0440. The second-order valence-corrected chi connectivity index (χ2v) is 20.0. The number of ketones is 2. The largest absolute Gasteiger partial charge is 0.508 e. The van der Waals surface area contributed by atoms with Gasteiger partial charge in [-0.2, -0.15) is 0 Å². The topological polar surface area (TPSA) is 596 Å². The first-order valence-corrected chi connectivity index (χ1v) is 27.7. The number of aromatic hydroxyl groups is 11. The van der Waals surface area contributed by atoms with Crippen LogP contribution in [0.1, 0.15) is 90.0 Å². The summed E-state index contributed by atoms with van der Waals surface area (Å²) in [7, 11) is 0. The van der Waals surface area contributed by atoms with Crippen molar-refractivity contribution < 1.29 is 132 Å². The third-order valence-corrected chi connectivity index (χ3v) is 13.6. The summed E-state index contributed by atoms with van der Waals surface area (Å²) in [5.41, 5.74) is 15.3. The lowest BCUT2D eigenvalue weighted by Crippen LogP contribution is -2.22. The third-order valence-electron chi connectivity index (χ3n) is 11.5. The van der Waals surface area contributed by atoms with Crippen LogP contribution in [0.15, 0.2) is 154 Å². The molecule has 0 aromatic heterocycles. The molecule has 0 amide bonds. The lowest BCUT2D eigenvalue weighted by molar-refractivity contribution is 0.0675. The van der Waals surface area contributed by atoms with Crippen LogP contribution in [0.5, 0.6) is 63.2 Å². The highest BCUT2D eigenvalue weighted by atomic mass is 32.2. The highest BCUT2D eigenvalue weighted by molar-refractivity contribution is 7.80. The van der Waals surface area contributed by atoms with Crippen molar-refractivity contribution in [3.05, 3.63) is 201 Å². The minimum atomic E-state index is -2.46. The number of para-hydroxylation sites is 3. The summed E-state index contributed by atoms with van der Waals surface area (Å²) in [5, 5.41) is 136. The van der Waals surface area contributed by atoms with Gasteiger partial charge in [-0.3, -0.25) is 9.59 Å². The predicted octanol–water partition coefficient (Wildman–Crippen LogP) is 5.25. The van der Waals surface area contributed by atoms with Gasteiger partial charge in [-0.05, 0) is 60.7 Å². The normalized spacial score (nSPS) is 11.6. The Morgan fingerprint density at radius 2 is 0.667 bits per heavy atom. The van der Waals surface area contributed by atoms with Crippen molar-refractivity contribution in [2.75, 3.05) is 0 Å². The van der Waals surface area contributed by atoms with Crippen LogP contribution < -0.4 is 17.2 Å². The molecule has 0 fully saturated rings. The standard InChI is InChI=1S/C15H8O6.C8H12N2O2.C8H6O6.C7H9NO.C7H6O3.C6H6O6S2.C6H6O3S/c16-9-5-8(15(20)21)14(19)11-10(9)12(17)6-3-1-2-4-7(6)13(11)18;9-3-5-1-7(11)6(4-10)2-8(5)12;9-5-1-3(7(11)12)6(10)2-4(5)8(13)14;8-5-6-3-1-2-4-7(6)9;8-6-4-2-1-3-5(6)7(9)10;7-3-1-5(13(9)10)4(8)2-6(3)14(11)12;7-5-3-1-2-4-6(5)10(8)9/h1-5,16,19H,(H,20,21);1-2,11-12H,3-4,9-10H2;1-2,9-10H,(H,11,12)(H,13,14);1-4,9H,5,8H2;1-4,8H,(H,9,10);1-2,7-8H,(H,9,10)(H,11,12);1-4,7H,(H,8,9). The van der Waals surface area contributed by atoms with E-state index >= 15 is 0 Å². The zero-order chi connectivity index (χ0) is 68.0. The number of aromatic carboxylic acids is 4. The fourth-order valence-corrected chi connectivity index (χ4v) is 8.43. The molecule has 1 aliphatic rings. The lowest BCUT2D eigenvalue weighted by atomic mass is 9.82. The molecule has 0 bridgehead atoms. The number of fused-ring (bicyclic) bond motifs is 2. The van der Waals surface area contributed by atoms with Gasteiger partial charge in [0, 0.05) is 59.6 Å². The Bertz CT molecular complexity index is 3820. The molecular formula is C57H53N3O27S3. The molecule has 476 valence electrons. The summed E-state index contributed by atoms with van der Waals surface area (Å²) in [6.45, 7) is 0.793. The van der Waals surface area contributed by atoms with E-state index < -0.39 is 135 Å². The number of benzene rings is 8. The summed E-state index contributed by atoms with van der Waals surface area (Å²) >= 11 is -7.02. The molecule has 3 atom stereocenters. The summed E-state index contributed by atoms with van der Waals surface area (Å²) in [6, 6.07) is 31.2. The highest BCUT2D eigenvalue weighted by Crippen LogP contribution is 2.40. The monoisotopic (exact) mass is 1310 g/mol. The first kappa shape index (κ1) is 73.2. The molecule has 33 heteroatoms. The van der Waals surface area contributed by atoms with Crippen LogP contribution in [0, 0.1) is 0 Å². The summed E-state index contributed by atoms with van der Waals surface area (Å²) in [4.78, 5) is 66.1. The van der Waals surface area contributed by atoms with Gasteiger partial charge in [0.1, 0.15) is 100 Å². The maximum Gasteiger partial charge on any atom is 0.339 e. The summed E-state index contributed by atoms with van der Waals surface area (Å²) < 4.78 is 57.2. The third kappa shape index (κ3) is 19.5. The quantitative estimate of drug-likeness (QED) is 0.0613. The first-order valence-electron chi connectivity index (χ1n) is 24.4. The zero-order valence-corrected chi connectivity index (χ0v) is 48.0. The van der Waals surface area contributed by atoms with Crippen molar-refractivity contribution in [3.63, 3.8) is 0 Å². The van der Waals surface area contributed by atoms with E-state index in [0.717, 1.165) is 23.8 Å². The van der Waals surface area contributed by atoms with E-state index in [1.807, 2.05) is 6.07 Å². The second-order valence-electron chi connectivity index (χ2n) is 17.2. The molecule has 0 radical (unpaired) electrons. The Labute approximate surface area is 513 Å². The molecule has 0 saturated carbocycles. The van der Waals surface area contributed by atoms with Gasteiger partial charge < -0.3 is 107 Å². The van der Waals surface area contributed by atoms with Crippen LogP contribution >= 0.6 is 0 Å². The molecule has 9 rings (SSSR count). The van der Waals surface area contributed by atoms with Crippen LogP contribution in [0.2, 0.25) is 0 Å². The van der Waals surface area contributed by atoms with Gasteiger partial charge in [-0.15, -0.1) is 0 Å². The zero-order valence-electron chi connectivity index (χ0n) is 45.6. The Morgan fingerprint density at radius 3 is 1.00 bits per heavy atom. The molecule has 0 spiro atoms. The summed E-state index contributed by atoms with van der Waals surface area (Å²) in [5.74, 6) is -10.9. The molecule has 0 heterocycles. The van der Waals surface area contributed by atoms with E-state index in [0.29, 0.717) is 29.8 Å². The SMILES string of the molecule is NCc1cc(O)c(CN)cc1O.NCc1ccccc1O.O=C(O)c1cc(O)c(C(=O)O)cc1O.O=C(O)c1cc(O)c2c(c1O)C(=O)c1ccccc1C2=O.O=C(O)c1ccccc1O.O=S(O)c1cc(O)c(S(=O)O)cc1O.O=S(O)c1ccccc1O. The molecule has 8 aromatic rings. The van der Waals surface area contributed by atoms with Crippen molar-refractivity contribution in [1.82, 2.24) is 0 Å². The van der Waals surface area contributed by atoms with E-state index in [1.54, 1.807) is 54.6 Å². The first-order chi connectivity index (χ1) is 42.2. The number of rotatable bonds is 10. The van der Waals surface area contributed by atoms with Gasteiger partial charge in [0.05, 0.1) is 11.1 Å². The van der Waals surface area contributed by atoms with Crippen molar-refractivity contribution in [2.24, 2.45) is 17.2 Å². The number of phenolic OH excluding ortho intramolecular Hbond substituents is 7. The maximum absolute atomic E-state index is 12.4. The fourth-order valence-electron chi connectivity index (χ4n) is 7.09. The van der Waals surface area contributed by atoms with Gasteiger partial charge >= 0.3 is 23.9 Å². The number of carboxylic acid groups (broad SMARTS) is 4. The Balaban J connectivity index is 0.000000280. The summed E-state index contributed by atoms with van der Waals surface area (Å²) in [6.07, 6.45) is 0. The van der Waals surface area contributed by atoms with Crippen LogP contribution in [-0.4, -0.2) is 138 Å². The average Bonchev–Trinajstić information content (AvgIpc) is 0.749. The Morgan fingerprint density at radius 1 is 0.322 bits per heavy atom. The maximum atomic E-state index is 12.4. The molecule has 8 aromatic carbocycles. The number of hydrogen-bond donors (Lipinski definition) is 21. The number of carbonyl (C=O) groups excluding carboxylic acids is 2. The molecular weight excluding hydrogens is 1250 g/mol. The van der Waals surface area contributed by atoms with Crippen LogP contribution in [0.4, 0.5) is 0 Å². The molecule has 90 heavy (non-hydrogen) atoms. The highest BCUT2D eigenvalue weighted by Gasteiger charge is 2.36. The average molecular weight is 1310 g/mol. The van der Waals surface area contributed by atoms with E-state index in [9.17, 15) is 61.8 Å². The van der Waals surface area contributed by atoms with Gasteiger partial charge in [0.2, 0.25) is 0 Å². The lowest BCUT2D eigenvalue weighted by Gasteiger charge is -2.20. The van der Waals surface area contributed by atoms with Gasteiger partial charge in [0.15, 0.2) is 44.8 Å². The number of carbonyl (C=O) groups is 6.